The van der Waals surface area contributed by atoms with Crippen molar-refractivity contribution in [3.05, 3.63) is 30.1 Å². The van der Waals surface area contributed by atoms with Crippen LogP contribution in [0, 0.1) is 18.8 Å². The van der Waals surface area contributed by atoms with Crippen molar-refractivity contribution in [2.45, 2.75) is 19.8 Å². The Morgan fingerprint density at radius 2 is 1.78 bits per heavy atom. The molecule has 2 atom stereocenters. The predicted octanol–water partition coefficient (Wildman–Crippen LogP) is 1.24. The molecule has 2 heterocycles. The van der Waals surface area contributed by atoms with Gasteiger partial charge < -0.3 is 0 Å². The maximum absolute atomic E-state index is 12.3. The van der Waals surface area contributed by atoms with E-state index in [0.717, 1.165) is 10.6 Å². The van der Waals surface area contributed by atoms with Gasteiger partial charge in [-0.15, -0.1) is 0 Å². The van der Waals surface area contributed by atoms with E-state index in [2.05, 4.69) is 9.97 Å². The van der Waals surface area contributed by atoms with Crippen molar-refractivity contribution in [1.29, 1.82) is 0 Å². The van der Waals surface area contributed by atoms with Gasteiger partial charge in [-0.1, -0.05) is 12.2 Å². The largest absolute Gasteiger partial charge is 0.274 e. The van der Waals surface area contributed by atoms with Crippen LogP contribution in [0.5, 0.6) is 0 Å². The molecule has 2 unspecified atom stereocenters. The van der Waals surface area contributed by atoms with Crippen LogP contribution in [0.3, 0.4) is 0 Å². The van der Waals surface area contributed by atoms with E-state index in [1.54, 1.807) is 12.3 Å². The lowest BCUT2D eigenvalue weighted by Crippen LogP contribution is -2.32. The molecule has 92 valence electrons. The first-order valence-corrected chi connectivity index (χ1v) is 6.01. The lowest BCUT2D eigenvalue weighted by Gasteiger charge is -2.14. The molecule has 1 aromatic rings. The Labute approximate surface area is 105 Å². The molecule has 1 saturated heterocycles. The molecule has 0 saturated carbocycles. The Hall–Kier alpha value is -2.04. The fourth-order valence-corrected chi connectivity index (χ4v) is 2.54. The van der Waals surface area contributed by atoms with Crippen LogP contribution >= 0.6 is 0 Å². The summed E-state index contributed by atoms with van der Waals surface area (Å²) in [4.78, 5) is 33.9. The van der Waals surface area contributed by atoms with Gasteiger partial charge in [-0.05, 0) is 25.8 Å². The molecule has 1 aliphatic heterocycles. The van der Waals surface area contributed by atoms with Gasteiger partial charge in [0, 0.05) is 11.9 Å². The van der Waals surface area contributed by atoms with Crippen molar-refractivity contribution in [2.75, 3.05) is 4.90 Å². The van der Waals surface area contributed by atoms with Crippen LogP contribution < -0.4 is 4.90 Å². The summed E-state index contributed by atoms with van der Waals surface area (Å²) in [6.45, 7) is 1.81. The van der Waals surface area contributed by atoms with E-state index in [9.17, 15) is 9.59 Å². The average Bonchev–Trinajstić information content (AvgIpc) is 2.63. The number of fused-ring (bicyclic) bond motifs is 1. The summed E-state index contributed by atoms with van der Waals surface area (Å²) in [5, 5.41) is 0. The summed E-state index contributed by atoms with van der Waals surface area (Å²) in [5.41, 5.74) is 0.744. The smallest absolute Gasteiger partial charge is 0.240 e. The first-order valence-electron chi connectivity index (χ1n) is 6.01. The molecule has 1 aliphatic carbocycles. The van der Waals surface area contributed by atoms with Gasteiger partial charge in [-0.2, -0.15) is 0 Å². The normalized spacial score (nSPS) is 26.6. The van der Waals surface area contributed by atoms with Gasteiger partial charge in [-0.25, -0.2) is 14.9 Å². The maximum Gasteiger partial charge on any atom is 0.240 e. The zero-order valence-corrected chi connectivity index (χ0v) is 10.0. The highest BCUT2D eigenvalue weighted by Crippen LogP contribution is 2.36. The van der Waals surface area contributed by atoms with E-state index in [1.165, 1.54) is 0 Å². The van der Waals surface area contributed by atoms with Crippen molar-refractivity contribution < 1.29 is 9.59 Å². The number of hydrogen-bond donors (Lipinski definition) is 0. The Morgan fingerprint density at radius 3 is 2.33 bits per heavy atom. The molecule has 0 spiro atoms. The SMILES string of the molecule is Cc1ccnc(N2C(=O)C3CC=CCC3C2=O)n1. The van der Waals surface area contributed by atoms with E-state index in [0.29, 0.717) is 12.8 Å². The summed E-state index contributed by atoms with van der Waals surface area (Å²) in [5.74, 6) is -0.586. The van der Waals surface area contributed by atoms with Crippen LogP contribution in [0.4, 0.5) is 5.95 Å². The molecule has 0 aromatic carbocycles. The number of imide groups is 1. The number of amides is 2. The molecular weight excluding hydrogens is 230 g/mol. The van der Waals surface area contributed by atoms with Gasteiger partial charge in [0.2, 0.25) is 17.8 Å². The number of hydrogen-bond acceptors (Lipinski definition) is 4. The number of nitrogens with zero attached hydrogens (tertiary/aromatic N) is 3. The third-order valence-corrected chi connectivity index (χ3v) is 3.49. The molecule has 5 nitrogen and oxygen atoms in total. The number of allylic oxidation sites excluding steroid dienone is 2. The van der Waals surface area contributed by atoms with Gasteiger partial charge in [0.15, 0.2) is 0 Å². The van der Waals surface area contributed by atoms with Crippen LogP contribution in [0.15, 0.2) is 24.4 Å². The van der Waals surface area contributed by atoms with Crippen molar-refractivity contribution in [3.8, 4) is 0 Å². The molecule has 0 N–H and O–H groups in total. The van der Waals surface area contributed by atoms with Crippen LogP contribution in [0.2, 0.25) is 0 Å². The molecule has 0 radical (unpaired) electrons. The van der Waals surface area contributed by atoms with Gasteiger partial charge >= 0.3 is 0 Å². The molecule has 0 bridgehead atoms. The van der Waals surface area contributed by atoms with E-state index in [1.807, 2.05) is 19.1 Å². The van der Waals surface area contributed by atoms with Gasteiger partial charge in [-0.3, -0.25) is 9.59 Å². The minimum absolute atomic E-state index is 0.167. The Morgan fingerprint density at radius 1 is 1.17 bits per heavy atom. The fraction of sp³-hybridized carbons (Fsp3) is 0.385. The number of aryl methyl sites for hydroxylation is 1. The second-order valence-electron chi connectivity index (χ2n) is 4.67. The summed E-state index contributed by atoms with van der Waals surface area (Å²) in [6, 6.07) is 1.74. The highest BCUT2D eigenvalue weighted by molar-refractivity contribution is 6.21. The van der Waals surface area contributed by atoms with Crippen molar-refractivity contribution in [3.63, 3.8) is 0 Å². The average molecular weight is 243 g/mol. The standard InChI is InChI=1S/C13H13N3O2/c1-8-6-7-14-13(15-8)16-11(17)9-4-2-3-5-10(9)12(16)18/h2-3,6-7,9-10H,4-5H2,1H3. The monoisotopic (exact) mass is 243 g/mol. The summed E-state index contributed by atoms with van der Waals surface area (Å²) in [7, 11) is 0. The summed E-state index contributed by atoms with van der Waals surface area (Å²) < 4.78 is 0. The number of aromatic nitrogens is 2. The van der Waals surface area contributed by atoms with Crippen LogP contribution in [-0.2, 0) is 9.59 Å². The number of rotatable bonds is 1. The summed E-state index contributed by atoms with van der Waals surface area (Å²) in [6.07, 6.45) is 6.77. The topological polar surface area (TPSA) is 63.2 Å². The number of carbonyl (C=O) groups is 2. The summed E-state index contributed by atoms with van der Waals surface area (Å²) >= 11 is 0. The fourth-order valence-electron chi connectivity index (χ4n) is 2.54. The quantitative estimate of drug-likeness (QED) is 0.550. The van der Waals surface area contributed by atoms with Crippen molar-refractivity contribution >= 4 is 17.8 Å². The minimum Gasteiger partial charge on any atom is -0.274 e. The predicted molar refractivity (Wildman–Crippen MR) is 64.6 cm³/mol. The Balaban J connectivity index is 1.99. The molecule has 3 rings (SSSR count). The first kappa shape index (κ1) is 11.1. The second-order valence-corrected chi connectivity index (χ2v) is 4.67. The molecule has 5 heteroatoms. The highest BCUT2D eigenvalue weighted by Gasteiger charge is 2.48. The molecule has 1 fully saturated rings. The van der Waals surface area contributed by atoms with Crippen molar-refractivity contribution in [2.24, 2.45) is 11.8 Å². The van der Waals surface area contributed by atoms with Crippen molar-refractivity contribution in [1.82, 2.24) is 9.97 Å². The van der Waals surface area contributed by atoms with E-state index < -0.39 is 0 Å². The molecule has 2 aliphatic rings. The molecular formula is C13H13N3O2. The van der Waals surface area contributed by atoms with Crippen LogP contribution in [0.25, 0.3) is 0 Å². The third kappa shape index (κ3) is 1.54. The van der Waals surface area contributed by atoms with E-state index >= 15 is 0 Å². The zero-order valence-electron chi connectivity index (χ0n) is 10.0. The highest BCUT2D eigenvalue weighted by atomic mass is 16.2. The molecule has 1 aromatic heterocycles. The van der Waals surface area contributed by atoms with Crippen LogP contribution in [-0.4, -0.2) is 21.8 Å². The molecule has 2 amide bonds. The zero-order chi connectivity index (χ0) is 12.7. The Bertz CT molecular complexity index is 527. The van der Waals surface area contributed by atoms with Gasteiger partial charge in [0.25, 0.3) is 0 Å². The maximum atomic E-state index is 12.3. The molecule has 18 heavy (non-hydrogen) atoms. The minimum atomic E-state index is -0.230. The van der Waals surface area contributed by atoms with Gasteiger partial charge in [0.05, 0.1) is 11.8 Å². The lowest BCUT2D eigenvalue weighted by atomic mass is 9.85. The number of carbonyl (C=O) groups excluding carboxylic acids is 2. The van der Waals surface area contributed by atoms with Crippen LogP contribution in [0.1, 0.15) is 18.5 Å². The first-order chi connectivity index (χ1) is 8.68. The Kier molecular flexibility index (Phi) is 2.47. The second kappa shape index (κ2) is 4.01. The van der Waals surface area contributed by atoms with E-state index in [4.69, 9.17) is 0 Å². The van der Waals surface area contributed by atoms with E-state index in [-0.39, 0.29) is 29.6 Å². The number of anilines is 1. The third-order valence-electron chi connectivity index (χ3n) is 3.49. The van der Waals surface area contributed by atoms with Gasteiger partial charge in [0.1, 0.15) is 0 Å². The lowest BCUT2D eigenvalue weighted by molar-refractivity contribution is -0.122.